The Hall–Kier alpha value is -3.00. The number of carboxylic acids is 1. The van der Waals surface area contributed by atoms with E-state index in [-0.39, 0.29) is 5.56 Å². The van der Waals surface area contributed by atoms with Crippen molar-refractivity contribution in [3.8, 4) is 11.8 Å². The van der Waals surface area contributed by atoms with E-state index in [0.29, 0.717) is 33.8 Å². The van der Waals surface area contributed by atoms with E-state index in [2.05, 4.69) is 11.1 Å². The lowest BCUT2D eigenvalue weighted by atomic mass is 10.0. The number of aromatic nitrogens is 1. The number of aryl methyl sites for hydroxylation is 1. The van der Waals surface area contributed by atoms with Crippen molar-refractivity contribution >= 4 is 17.6 Å². The molecule has 1 heterocycles. The number of nitrogens with one attached hydrogen (secondary N) is 1. The molecular weight excluding hydrogens is 280 g/mol. The molecule has 0 amide bonds. The van der Waals surface area contributed by atoms with Crippen LogP contribution in [0.4, 0.5) is 0 Å². The first-order valence-electron chi connectivity index (χ1n) is 6.66. The Kier molecular flexibility index (Phi) is 4.33. The van der Waals surface area contributed by atoms with Crippen LogP contribution >= 0.6 is 0 Å². The number of benzene rings is 1. The van der Waals surface area contributed by atoms with Gasteiger partial charge in [-0.3, -0.25) is 0 Å². The maximum Gasteiger partial charge on any atom is 0.337 e. The van der Waals surface area contributed by atoms with Gasteiger partial charge >= 0.3 is 5.97 Å². The fourth-order valence-electron chi connectivity index (χ4n) is 2.35. The first-order chi connectivity index (χ1) is 10.5. The number of nitriles is 1. The summed E-state index contributed by atoms with van der Waals surface area (Å²) in [6.45, 7) is 3.42. The average molecular weight is 296 g/mol. The van der Waals surface area contributed by atoms with E-state index in [4.69, 9.17) is 4.74 Å². The van der Waals surface area contributed by atoms with E-state index in [1.165, 1.54) is 0 Å². The molecule has 0 saturated heterocycles. The van der Waals surface area contributed by atoms with Crippen LogP contribution in [-0.4, -0.2) is 23.2 Å². The van der Waals surface area contributed by atoms with E-state index in [0.717, 1.165) is 0 Å². The molecule has 0 saturated carbocycles. The van der Waals surface area contributed by atoms with Crippen LogP contribution in [0.15, 0.2) is 24.3 Å². The summed E-state index contributed by atoms with van der Waals surface area (Å²) < 4.78 is 5.16. The van der Waals surface area contributed by atoms with Gasteiger partial charge in [-0.05, 0) is 43.2 Å². The summed E-state index contributed by atoms with van der Waals surface area (Å²) in [5.41, 5.74) is 3.19. The van der Waals surface area contributed by atoms with Crippen LogP contribution in [0.25, 0.3) is 11.6 Å². The standard InChI is InChI=1S/C17H16N2O3/c1-10-15(19-11(2)16(10)17(20)21)8-13(9-18)12-5-4-6-14(7-12)22-3/h4-8,19H,1-3H3,(H,20,21)/b13-8+. The summed E-state index contributed by atoms with van der Waals surface area (Å²) in [5.74, 6) is -0.324. The van der Waals surface area contributed by atoms with Crippen LogP contribution in [0.1, 0.15) is 32.9 Å². The minimum Gasteiger partial charge on any atom is -0.497 e. The second-order valence-corrected chi connectivity index (χ2v) is 4.87. The quantitative estimate of drug-likeness (QED) is 0.847. The molecule has 0 bridgehead atoms. The molecule has 0 aliphatic heterocycles. The number of carbonyl (C=O) groups is 1. The highest BCUT2D eigenvalue weighted by Gasteiger charge is 2.16. The lowest BCUT2D eigenvalue weighted by Crippen LogP contribution is -1.98. The van der Waals surface area contributed by atoms with Gasteiger partial charge in [0.1, 0.15) is 5.75 Å². The zero-order valence-electron chi connectivity index (χ0n) is 12.6. The van der Waals surface area contributed by atoms with Crippen molar-refractivity contribution in [2.75, 3.05) is 7.11 Å². The van der Waals surface area contributed by atoms with Crippen LogP contribution in [-0.2, 0) is 0 Å². The summed E-state index contributed by atoms with van der Waals surface area (Å²) in [4.78, 5) is 14.3. The molecule has 0 fully saturated rings. The van der Waals surface area contributed by atoms with Gasteiger partial charge in [0.15, 0.2) is 0 Å². The molecule has 0 aliphatic rings. The third-order valence-electron chi connectivity index (χ3n) is 3.48. The molecule has 1 aromatic heterocycles. The van der Waals surface area contributed by atoms with Crippen LogP contribution in [0.3, 0.4) is 0 Å². The maximum absolute atomic E-state index is 11.2. The number of aromatic carboxylic acids is 1. The number of H-pyrrole nitrogens is 1. The van der Waals surface area contributed by atoms with Crippen molar-refractivity contribution in [1.82, 2.24) is 4.98 Å². The van der Waals surface area contributed by atoms with Crippen LogP contribution < -0.4 is 4.74 Å². The Balaban J connectivity index is 2.52. The first-order valence-corrected chi connectivity index (χ1v) is 6.66. The van der Waals surface area contributed by atoms with Crippen molar-refractivity contribution < 1.29 is 14.6 Å². The Morgan fingerprint density at radius 1 is 1.41 bits per heavy atom. The molecule has 0 unspecified atom stereocenters. The molecular formula is C17H16N2O3. The Bertz CT molecular complexity index is 795. The van der Waals surface area contributed by atoms with E-state index in [9.17, 15) is 15.2 Å². The van der Waals surface area contributed by atoms with Crippen molar-refractivity contribution in [1.29, 1.82) is 5.26 Å². The maximum atomic E-state index is 11.2. The zero-order chi connectivity index (χ0) is 16.3. The van der Waals surface area contributed by atoms with E-state index < -0.39 is 5.97 Å². The molecule has 112 valence electrons. The average Bonchev–Trinajstić information content (AvgIpc) is 2.78. The summed E-state index contributed by atoms with van der Waals surface area (Å²) in [6, 6.07) is 9.31. The van der Waals surface area contributed by atoms with Gasteiger partial charge in [-0.1, -0.05) is 12.1 Å². The number of carboxylic acid groups (broad SMARTS) is 1. The van der Waals surface area contributed by atoms with Gasteiger partial charge in [0.05, 0.1) is 24.3 Å². The van der Waals surface area contributed by atoms with E-state index in [1.54, 1.807) is 51.3 Å². The molecule has 5 heteroatoms. The fraction of sp³-hybridized carbons (Fsp3) is 0.176. The molecule has 0 atom stereocenters. The fourth-order valence-corrected chi connectivity index (χ4v) is 2.35. The number of nitrogens with zero attached hydrogens (tertiary/aromatic N) is 1. The topological polar surface area (TPSA) is 86.1 Å². The Morgan fingerprint density at radius 2 is 2.14 bits per heavy atom. The number of allylic oxidation sites excluding steroid dienone is 1. The predicted molar refractivity (Wildman–Crippen MR) is 83.7 cm³/mol. The molecule has 2 aromatic rings. The van der Waals surface area contributed by atoms with Crippen molar-refractivity contribution in [2.24, 2.45) is 0 Å². The second-order valence-electron chi connectivity index (χ2n) is 4.87. The Morgan fingerprint density at radius 3 is 2.68 bits per heavy atom. The lowest BCUT2D eigenvalue weighted by Gasteiger charge is -2.03. The first kappa shape index (κ1) is 15.4. The molecule has 22 heavy (non-hydrogen) atoms. The summed E-state index contributed by atoms with van der Waals surface area (Å²) in [5, 5.41) is 18.6. The van der Waals surface area contributed by atoms with Gasteiger partial charge in [-0.15, -0.1) is 0 Å². The van der Waals surface area contributed by atoms with Gasteiger partial charge in [-0.2, -0.15) is 5.26 Å². The molecule has 5 nitrogen and oxygen atoms in total. The van der Waals surface area contributed by atoms with Crippen LogP contribution in [0, 0.1) is 25.2 Å². The molecule has 0 spiro atoms. The number of rotatable bonds is 4. The Labute approximate surface area is 128 Å². The van der Waals surface area contributed by atoms with Gasteiger partial charge in [0.25, 0.3) is 0 Å². The largest absolute Gasteiger partial charge is 0.497 e. The highest BCUT2D eigenvalue weighted by molar-refractivity contribution is 5.95. The molecule has 0 radical (unpaired) electrons. The predicted octanol–water partition coefficient (Wildman–Crippen LogP) is 3.40. The van der Waals surface area contributed by atoms with E-state index in [1.807, 2.05) is 0 Å². The number of hydrogen-bond donors (Lipinski definition) is 2. The van der Waals surface area contributed by atoms with E-state index >= 15 is 0 Å². The van der Waals surface area contributed by atoms with Gasteiger partial charge in [0.2, 0.25) is 0 Å². The van der Waals surface area contributed by atoms with Gasteiger partial charge < -0.3 is 14.8 Å². The molecule has 1 aromatic carbocycles. The number of methoxy groups -OCH3 is 1. The normalized spacial score (nSPS) is 11.1. The third-order valence-corrected chi connectivity index (χ3v) is 3.48. The number of ether oxygens (including phenoxy) is 1. The molecule has 2 rings (SSSR count). The molecule has 2 N–H and O–H groups in total. The van der Waals surface area contributed by atoms with Crippen LogP contribution in [0.2, 0.25) is 0 Å². The lowest BCUT2D eigenvalue weighted by molar-refractivity contribution is 0.0695. The highest BCUT2D eigenvalue weighted by Crippen LogP contribution is 2.25. The van der Waals surface area contributed by atoms with Gasteiger partial charge in [0, 0.05) is 11.4 Å². The van der Waals surface area contributed by atoms with Crippen LogP contribution in [0.5, 0.6) is 5.75 Å². The minimum atomic E-state index is -0.981. The summed E-state index contributed by atoms with van der Waals surface area (Å²) in [6.07, 6.45) is 1.66. The highest BCUT2D eigenvalue weighted by atomic mass is 16.5. The smallest absolute Gasteiger partial charge is 0.337 e. The molecule has 0 aliphatic carbocycles. The van der Waals surface area contributed by atoms with Crippen molar-refractivity contribution in [3.05, 3.63) is 52.3 Å². The summed E-state index contributed by atoms with van der Waals surface area (Å²) in [7, 11) is 1.56. The zero-order valence-corrected chi connectivity index (χ0v) is 12.6. The van der Waals surface area contributed by atoms with Crippen molar-refractivity contribution in [2.45, 2.75) is 13.8 Å². The SMILES string of the molecule is COc1cccc(/C(C#N)=C/c2[nH]c(C)c(C(=O)O)c2C)c1. The minimum absolute atomic E-state index is 0.245. The number of hydrogen-bond acceptors (Lipinski definition) is 3. The monoisotopic (exact) mass is 296 g/mol. The number of aromatic amines is 1. The van der Waals surface area contributed by atoms with Crippen molar-refractivity contribution in [3.63, 3.8) is 0 Å². The second kappa shape index (κ2) is 6.19. The third kappa shape index (κ3) is 2.86. The van der Waals surface area contributed by atoms with Gasteiger partial charge in [-0.25, -0.2) is 4.79 Å². The summed E-state index contributed by atoms with van der Waals surface area (Å²) >= 11 is 0.